The van der Waals surface area contributed by atoms with E-state index in [0.717, 1.165) is 0 Å². The van der Waals surface area contributed by atoms with Crippen LogP contribution in [0.4, 0.5) is 5.69 Å². The predicted octanol–water partition coefficient (Wildman–Crippen LogP) is 1.34. The van der Waals surface area contributed by atoms with E-state index in [9.17, 15) is 19.5 Å². The van der Waals surface area contributed by atoms with Crippen molar-refractivity contribution < 1.29 is 24.6 Å². The molecule has 0 bridgehead atoms. The molecule has 1 aromatic carbocycles. The van der Waals surface area contributed by atoms with Crippen LogP contribution in [0.2, 0.25) is 0 Å². The van der Waals surface area contributed by atoms with Gasteiger partial charge in [-0.25, -0.2) is 4.79 Å². The summed E-state index contributed by atoms with van der Waals surface area (Å²) < 4.78 is 0. The molecule has 4 N–H and O–H groups in total. The first-order valence-corrected chi connectivity index (χ1v) is 6.90. The van der Waals surface area contributed by atoms with Crippen LogP contribution in [-0.4, -0.2) is 34.0 Å². The third-order valence-electron chi connectivity index (χ3n) is 2.96. The summed E-state index contributed by atoms with van der Waals surface area (Å²) in [6.07, 6.45) is -0.187. The van der Waals surface area contributed by atoms with Crippen LogP contribution in [0.5, 0.6) is 5.75 Å². The van der Waals surface area contributed by atoms with E-state index in [1.807, 2.05) is 0 Å². The highest BCUT2D eigenvalue weighted by molar-refractivity contribution is 5.94. The number of aliphatic carboxylic acids is 1. The molecular weight excluding hydrogens is 288 g/mol. The molecule has 0 aliphatic rings. The summed E-state index contributed by atoms with van der Waals surface area (Å²) in [6.45, 7) is 3.38. The fourth-order valence-corrected chi connectivity index (χ4v) is 1.79. The molecule has 0 aromatic heterocycles. The molecule has 1 rings (SSSR count). The molecule has 7 heteroatoms. The minimum absolute atomic E-state index is 0.0248. The smallest absolute Gasteiger partial charge is 0.326 e. The second-order valence-electron chi connectivity index (χ2n) is 5.23. The Morgan fingerprint density at radius 3 is 2.32 bits per heavy atom. The number of aromatic hydroxyl groups is 1. The number of amides is 2. The van der Waals surface area contributed by atoms with E-state index in [4.69, 9.17) is 5.11 Å². The van der Waals surface area contributed by atoms with Crippen LogP contribution in [0.3, 0.4) is 0 Å². The average molecular weight is 308 g/mol. The molecular formula is C15H20N2O5. The van der Waals surface area contributed by atoms with Gasteiger partial charge < -0.3 is 20.8 Å². The summed E-state index contributed by atoms with van der Waals surface area (Å²) in [5, 5.41) is 23.2. The summed E-state index contributed by atoms with van der Waals surface area (Å²) in [7, 11) is 0. The number of phenolic OH excluding ortho intramolecular Hbond substituents is 1. The maximum atomic E-state index is 11.7. The van der Waals surface area contributed by atoms with E-state index >= 15 is 0 Å². The van der Waals surface area contributed by atoms with Crippen LogP contribution >= 0.6 is 0 Å². The number of phenols is 1. The SMILES string of the molecule is CC(C)C(NC(=O)CCC(=O)Nc1cccc(O)c1)C(=O)O. The van der Waals surface area contributed by atoms with Crippen molar-refractivity contribution in [2.45, 2.75) is 32.7 Å². The van der Waals surface area contributed by atoms with Gasteiger partial charge in [0.25, 0.3) is 0 Å². The molecule has 0 saturated carbocycles. The van der Waals surface area contributed by atoms with Crippen LogP contribution in [0, 0.1) is 5.92 Å². The molecule has 2 amide bonds. The number of hydrogen-bond donors (Lipinski definition) is 4. The molecule has 0 saturated heterocycles. The summed E-state index contributed by atoms with van der Waals surface area (Å²) in [4.78, 5) is 34.3. The van der Waals surface area contributed by atoms with Crippen molar-refractivity contribution in [1.82, 2.24) is 5.32 Å². The van der Waals surface area contributed by atoms with Gasteiger partial charge >= 0.3 is 5.97 Å². The molecule has 0 aliphatic carbocycles. The normalized spacial score (nSPS) is 11.8. The molecule has 0 heterocycles. The van der Waals surface area contributed by atoms with Crippen LogP contribution < -0.4 is 10.6 Å². The minimum atomic E-state index is -1.10. The number of carboxylic acids is 1. The first-order valence-electron chi connectivity index (χ1n) is 6.90. The zero-order chi connectivity index (χ0) is 16.7. The zero-order valence-electron chi connectivity index (χ0n) is 12.5. The van der Waals surface area contributed by atoms with Gasteiger partial charge in [-0.2, -0.15) is 0 Å². The molecule has 1 unspecified atom stereocenters. The van der Waals surface area contributed by atoms with Crippen molar-refractivity contribution in [2.75, 3.05) is 5.32 Å². The first-order chi connectivity index (χ1) is 10.3. The van der Waals surface area contributed by atoms with Crippen LogP contribution in [0.1, 0.15) is 26.7 Å². The number of carbonyl (C=O) groups is 3. The van der Waals surface area contributed by atoms with Crippen molar-refractivity contribution in [1.29, 1.82) is 0 Å². The van der Waals surface area contributed by atoms with Gasteiger partial charge in [0.15, 0.2) is 0 Å². The van der Waals surface area contributed by atoms with Crippen LogP contribution in [0.15, 0.2) is 24.3 Å². The van der Waals surface area contributed by atoms with Crippen molar-refractivity contribution >= 4 is 23.5 Å². The maximum absolute atomic E-state index is 11.7. The van der Waals surface area contributed by atoms with Crippen molar-refractivity contribution in [3.63, 3.8) is 0 Å². The molecule has 1 atom stereocenters. The molecule has 1 aromatic rings. The Bertz CT molecular complexity index is 557. The highest BCUT2D eigenvalue weighted by Gasteiger charge is 2.23. The lowest BCUT2D eigenvalue weighted by Crippen LogP contribution is -2.44. The second kappa shape index (κ2) is 8.02. The highest BCUT2D eigenvalue weighted by atomic mass is 16.4. The number of carbonyl (C=O) groups excluding carboxylic acids is 2. The van der Waals surface area contributed by atoms with Crippen LogP contribution in [0.25, 0.3) is 0 Å². The topological polar surface area (TPSA) is 116 Å². The molecule has 0 aliphatic heterocycles. The lowest BCUT2D eigenvalue weighted by molar-refractivity contribution is -0.143. The Kier molecular flexibility index (Phi) is 6.37. The molecule has 0 fully saturated rings. The standard InChI is InChI=1S/C15H20N2O5/c1-9(2)14(15(21)22)17-13(20)7-6-12(19)16-10-4-3-5-11(18)8-10/h3-5,8-9,14,18H,6-7H2,1-2H3,(H,16,19)(H,17,20)(H,21,22). The number of carboxylic acid groups (broad SMARTS) is 1. The van der Waals surface area contributed by atoms with E-state index in [0.29, 0.717) is 5.69 Å². The summed E-state index contributed by atoms with van der Waals surface area (Å²) >= 11 is 0. The monoisotopic (exact) mass is 308 g/mol. The van der Waals surface area contributed by atoms with Gasteiger partial charge in [-0.15, -0.1) is 0 Å². The van der Waals surface area contributed by atoms with Gasteiger partial charge in [0.1, 0.15) is 11.8 Å². The maximum Gasteiger partial charge on any atom is 0.326 e. The van der Waals surface area contributed by atoms with Gasteiger partial charge in [0, 0.05) is 24.6 Å². The van der Waals surface area contributed by atoms with Crippen LogP contribution in [-0.2, 0) is 14.4 Å². The Morgan fingerprint density at radius 1 is 1.14 bits per heavy atom. The van der Waals surface area contributed by atoms with Crippen molar-refractivity contribution in [3.8, 4) is 5.75 Å². The predicted molar refractivity (Wildman–Crippen MR) is 80.4 cm³/mol. The zero-order valence-corrected chi connectivity index (χ0v) is 12.5. The average Bonchev–Trinajstić information content (AvgIpc) is 2.42. The van der Waals surface area contributed by atoms with E-state index in [1.54, 1.807) is 26.0 Å². The number of anilines is 1. The third-order valence-corrected chi connectivity index (χ3v) is 2.96. The van der Waals surface area contributed by atoms with E-state index in [-0.39, 0.29) is 24.5 Å². The summed E-state index contributed by atoms with van der Waals surface area (Å²) in [5.74, 6) is -2.21. The molecule has 0 spiro atoms. The van der Waals surface area contributed by atoms with Gasteiger partial charge in [-0.3, -0.25) is 9.59 Å². The Balaban J connectivity index is 2.43. The fourth-order valence-electron chi connectivity index (χ4n) is 1.79. The number of rotatable bonds is 7. The second-order valence-corrected chi connectivity index (χ2v) is 5.23. The largest absolute Gasteiger partial charge is 0.508 e. The lowest BCUT2D eigenvalue weighted by atomic mass is 10.0. The minimum Gasteiger partial charge on any atom is -0.508 e. The summed E-state index contributed by atoms with van der Waals surface area (Å²) in [6, 6.07) is 5.08. The molecule has 120 valence electrons. The Hall–Kier alpha value is -2.57. The van der Waals surface area contributed by atoms with Crippen molar-refractivity contribution in [2.24, 2.45) is 5.92 Å². The van der Waals surface area contributed by atoms with Gasteiger partial charge in [-0.1, -0.05) is 19.9 Å². The highest BCUT2D eigenvalue weighted by Crippen LogP contribution is 2.15. The Morgan fingerprint density at radius 2 is 1.77 bits per heavy atom. The molecule has 7 nitrogen and oxygen atoms in total. The quantitative estimate of drug-likeness (QED) is 0.606. The van der Waals surface area contributed by atoms with Gasteiger partial charge in [0.05, 0.1) is 0 Å². The van der Waals surface area contributed by atoms with E-state index in [1.165, 1.54) is 12.1 Å². The first kappa shape index (κ1) is 17.5. The van der Waals surface area contributed by atoms with Gasteiger partial charge in [-0.05, 0) is 18.1 Å². The van der Waals surface area contributed by atoms with E-state index in [2.05, 4.69) is 10.6 Å². The molecule has 0 radical (unpaired) electrons. The van der Waals surface area contributed by atoms with Crippen molar-refractivity contribution in [3.05, 3.63) is 24.3 Å². The fraction of sp³-hybridized carbons (Fsp3) is 0.400. The van der Waals surface area contributed by atoms with Gasteiger partial charge in [0.2, 0.25) is 11.8 Å². The molecule has 22 heavy (non-hydrogen) atoms. The summed E-state index contributed by atoms with van der Waals surface area (Å²) in [5.41, 5.74) is 0.427. The number of hydrogen-bond acceptors (Lipinski definition) is 4. The van der Waals surface area contributed by atoms with E-state index < -0.39 is 23.8 Å². The third kappa shape index (κ3) is 5.82. The number of benzene rings is 1. The Labute approximate surface area is 128 Å². The lowest BCUT2D eigenvalue weighted by Gasteiger charge is -2.17. The number of nitrogens with one attached hydrogen (secondary N) is 2.